The third kappa shape index (κ3) is 5.17. The number of benzene rings is 1. The molecule has 0 saturated carbocycles. The zero-order chi connectivity index (χ0) is 19.2. The van der Waals surface area contributed by atoms with Crippen molar-refractivity contribution in [2.24, 2.45) is 0 Å². The zero-order valence-corrected chi connectivity index (χ0v) is 16.8. The Bertz CT molecular complexity index is 775. The Morgan fingerprint density at radius 1 is 1.22 bits per heavy atom. The van der Waals surface area contributed by atoms with Crippen LogP contribution in [-0.4, -0.2) is 56.5 Å². The molecular weight excluding hydrogens is 391 g/mol. The molecule has 1 aliphatic rings. The molecule has 1 aliphatic heterocycles. The maximum absolute atomic E-state index is 6.50. The number of ether oxygens (including phenoxy) is 4. The molecule has 0 aliphatic carbocycles. The number of pyridine rings is 1. The van der Waals surface area contributed by atoms with Gasteiger partial charge in [0.15, 0.2) is 11.5 Å². The van der Waals surface area contributed by atoms with Crippen molar-refractivity contribution >= 4 is 23.2 Å². The molecule has 6 nitrogen and oxygen atoms in total. The maximum atomic E-state index is 6.50. The van der Waals surface area contributed by atoms with Crippen molar-refractivity contribution in [1.29, 1.82) is 0 Å². The van der Waals surface area contributed by atoms with Gasteiger partial charge < -0.3 is 18.9 Å². The molecule has 0 amide bonds. The van der Waals surface area contributed by atoms with Gasteiger partial charge in [0.2, 0.25) is 0 Å². The average Bonchev–Trinajstić information content (AvgIpc) is 2.68. The van der Waals surface area contributed by atoms with Crippen LogP contribution in [0.2, 0.25) is 10.0 Å². The smallest absolute Gasteiger partial charge is 0.179 e. The predicted molar refractivity (Wildman–Crippen MR) is 104 cm³/mol. The van der Waals surface area contributed by atoms with Crippen LogP contribution in [0.25, 0.3) is 0 Å². The van der Waals surface area contributed by atoms with E-state index in [4.69, 9.17) is 42.1 Å². The minimum Gasteiger partial charge on any atom is -0.493 e. The van der Waals surface area contributed by atoms with E-state index in [1.165, 1.54) is 0 Å². The van der Waals surface area contributed by atoms with Crippen molar-refractivity contribution in [3.63, 3.8) is 0 Å². The Kier molecular flexibility index (Phi) is 7.01. The molecule has 1 unspecified atom stereocenters. The number of morpholine rings is 1. The third-order valence-electron chi connectivity index (χ3n) is 4.30. The normalized spacial score (nSPS) is 17.6. The highest BCUT2D eigenvalue weighted by molar-refractivity contribution is 6.33. The van der Waals surface area contributed by atoms with Crippen molar-refractivity contribution in [2.45, 2.75) is 12.6 Å². The lowest BCUT2D eigenvalue weighted by molar-refractivity contribution is -0.0504. The van der Waals surface area contributed by atoms with Gasteiger partial charge in [0.05, 0.1) is 37.1 Å². The first-order valence-corrected chi connectivity index (χ1v) is 9.33. The first-order chi connectivity index (χ1) is 13.1. The van der Waals surface area contributed by atoms with Crippen LogP contribution in [0.4, 0.5) is 0 Å². The van der Waals surface area contributed by atoms with Gasteiger partial charge in [0.25, 0.3) is 0 Å². The highest BCUT2D eigenvalue weighted by Gasteiger charge is 2.23. The summed E-state index contributed by atoms with van der Waals surface area (Å²) in [4.78, 5) is 6.29. The number of aromatic nitrogens is 1. The van der Waals surface area contributed by atoms with Crippen LogP contribution in [0, 0.1) is 0 Å². The average molecular weight is 413 g/mol. The van der Waals surface area contributed by atoms with Gasteiger partial charge in [0, 0.05) is 31.9 Å². The molecule has 0 spiro atoms. The highest BCUT2D eigenvalue weighted by atomic mass is 35.5. The summed E-state index contributed by atoms with van der Waals surface area (Å²) in [5, 5.41) is 1.11. The lowest BCUT2D eigenvalue weighted by atomic mass is 10.1. The van der Waals surface area contributed by atoms with E-state index < -0.39 is 0 Å². The lowest BCUT2D eigenvalue weighted by Crippen LogP contribution is -2.44. The Morgan fingerprint density at radius 3 is 2.81 bits per heavy atom. The van der Waals surface area contributed by atoms with Gasteiger partial charge in [-0.05, 0) is 11.6 Å². The Hall–Kier alpha value is -1.73. The largest absolute Gasteiger partial charge is 0.493 e. The van der Waals surface area contributed by atoms with Gasteiger partial charge in [-0.1, -0.05) is 29.3 Å². The molecule has 8 heteroatoms. The molecule has 2 aromatic rings. The Labute approximate surface area is 168 Å². The first kappa shape index (κ1) is 20.0. The molecule has 27 heavy (non-hydrogen) atoms. The number of methoxy groups -OCH3 is 2. The summed E-state index contributed by atoms with van der Waals surface area (Å²) < 4.78 is 22.2. The minimum atomic E-state index is -0.0448. The predicted octanol–water partition coefficient (Wildman–Crippen LogP) is 3.69. The number of nitrogens with zero attached hydrogens (tertiary/aromatic N) is 2. The van der Waals surface area contributed by atoms with Gasteiger partial charge in [-0.15, -0.1) is 0 Å². The second-order valence-electron chi connectivity index (χ2n) is 6.15. The molecule has 0 radical (unpaired) electrons. The van der Waals surface area contributed by atoms with E-state index in [2.05, 4.69) is 9.88 Å². The van der Waals surface area contributed by atoms with E-state index in [1.54, 1.807) is 32.7 Å². The molecule has 1 aromatic carbocycles. The van der Waals surface area contributed by atoms with Crippen LogP contribution >= 0.6 is 23.2 Å². The van der Waals surface area contributed by atoms with E-state index in [9.17, 15) is 0 Å². The number of hydrogen-bond donors (Lipinski definition) is 0. The van der Waals surface area contributed by atoms with Crippen LogP contribution in [0.1, 0.15) is 5.56 Å². The van der Waals surface area contributed by atoms with Gasteiger partial charge in [0.1, 0.15) is 18.5 Å². The number of rotatable bonds is 7. The summed E-state index contributed by atoms with van der Waals surface area (Å²) in [5.41, 5.74) is 0.981. The quantitative estimate of drug-likeness (QED) is 0.690. The molecule has 0 bridgehead atoms. The number of halogens is 2. The molecular formula is C19H22Cl2N2O4. The topological polar surface area (TPSA) is 53.1 Å². The summed E-state index contributed by atoms with van der Waals surface area (Å²) >= 11 is 12.4. The van der Waals surface area contributed by atoms with Crippen molar-refractivity contribution in [3.8, 4) is 17.2 Å². The molecule has 1 atom stereocenters. The monoisotopic (exact) mass is 412 g/mol. The Morgan fingerprint density at radius 2 is 2.07 bits per heavy atom. The van der Waals surface area contributed by atoms with E-state index in [0.29, 0.717) is 47.1 Å². The molecule has 1 saturated heterocycles. The fourth-order valence-corrected chi connectivity index (χ4v) is 3.44. The SMILES string of the molecule is COc1ccc(CN2CCOC(COc3cncc(Cl)c3)C2)c(Cl)c1OC. The van der Waals surface area contributed by atoms with E-state index in [-0.39, 0.29) is 6.10 Å². The Balaban J connectivity index is 1.60. The van der Waals surface area contributed by atoms with Crippen LogP contribution in [0.15, 0.2) is 30.6 Å². The summed E-state index contributed by atoms with van der Waals surface area (Å²) in [7, 11) is 3.18. The van der Waals surface area contributed by atoms with Crippen LogP contribution in [0.5, 0.6) is 17.2 Å². The fourth-order valence-electron chi connectivity index (χ4n) is 2.98. The van der Waals surface area contributed by atoms with E-state index in [0.717, 1.165) is 18.7 Å². The lowest BCUT2D eigenvalue weighted by Gasteiger charge is -2.33. The summed E-state index contributed by atoms with van der Waals surface area (Å²) in [6.45, 7) is 3.31. The molecule has 2 heterocycles. The van der Waals surface area contributed by atoms with Gasteiger partial charge in [-0.3, -0.25) is 9.88 Å². The van der Waals surface area contributed by atoms with E-state index >= 15 is 0 Å². The molecule has 3 rings (SSSR count). The summed E-state index contributed by atoms with van der Waals surface area (Å²) in [6, 6.07) is 5.56. The minimum absolute atomic E-state index is 0.0448. The van der Waals surface area contributed by atoms with Crippen molar-refractivity contribution < 1.29 is 18.9 Å². The molecule has 0 N–H and O–H groups in total. The van der Waals surface area contributed by atoms with Crippen molar-refractivity contribution in [3.05, 3.63) is 46.2 Å². The standard InChI is InChI=1S/C19H22Cl2N2O4/c1-24-17-4-3-13(18(21)19(17)25-2)10-23-5-6-26-16(11-23)12-27-15-7-14(20)8-22-9-15/h3-4,7-9,16H,5-6,10-12H2,1-2H3. The third-order valence-corrected chi connectivity index (χ3v) is 4.92. The second-order valence-corrected chi connectivity index (χ2v) is 6.97. The summed E-state index contributed by atoms with van der Waals surface area (Å²) in [5.74, 6) is 1.80. The maximum Gasteiger partial charge on any atom is 0.179 e. The van der Waals surface area contributed by atoms with Crippen molar-refractivity contribution in [2.75, 3.05) is 40.5 Å². The number of hydrogen-bond acceptors (Lipinski definition) is 6. The fraction of sp³-hybridized carbons (Fsp3) is 0.421. The molecule has 1 aromatic heterocycles. The van der Waals surface area contributed by atoms with Crippen LogP contribution in [0.3, 0.4) is 0 Å². The molecule has 146 valence electrons. The summed E-state index contributed by atoms with van der Waals surface area (Å²) in [6.07, 6.45) is 3.16. The second kappa shape index (κ2) is 9.46. The van der Waals surface area contributed by atoms with Gasteiger partial charge in [-0.2, -0.15) is 0 Å². The first-order valence-electron chi connectivity index (χ1n) is 8.57. The van der Waals surface area contributed by atoms with Gasteiger partial charge >= 0.3 is 0 Å². The zero-order valence-electron chi connectivity index (χ0n) is 15.3. The van der Waals surface area contributed by atoms with Crippen LogP contribution < -0.4 is 14.2 Å². The van der Waals surface area contributed by atoms with Crippen LogP contribution in [-0.2, 0) is 11.3 Å². The van der Waals surface area contributed by atoms with Crippen molar-refractivity contribution in [1.82, 2.24) is 9.88 Å². The molecule has 1 fully saturated rings. The van der Waals surface area contributed by atoms with E-state index in [1.807, 2.05) is 12.1 Å². The van der Waals surface area contributed by atoms with Gasteiger partial charge in [-0.25, -0.2) is 0 Å². The highest BCUT2D eigenvalue weighted by Crippen LogP contribution is 2.37.